The van der Waals surface area contributed by atoms with Gasteiger partial charge < -0.3 is 239 Å². The molecule has 0 aromatic rings. The molecule has 0 bridgehead atoms. The predicted octanol–water partition coefficient (Wildman–Crippen LogP) is -21.4. The first-order valence-corrected chi connectivity index (χ1v) is 44.0. The first-order chi connectivity index (χ1) is 62.4. The minimum Gasteiger partial charge on any atom is -0.394 e. The van der Waals surface area contributed by atoms with Gasteiger partial charge in [0.05, 0.1) is 65.6 Å². The molecule has 31 N–H and O–H groups in total. The Hall–Kier alpha value is -4.63. The SMILES string of the molecule is CC(=O)N[C@@H]1[C@H](O[C@@H]2[C@@H](O[C@@H]3[C@H](O)[C@H](O[C@H]4[C@H](O)[C@@H](NC(C)=O)[C@H](O[C@H]5[C@H](O)[C@@H](NC(C)=O)[C@H](O)O[C@@H]5CO[C@@H]5O[C@@H](C)[C@@H](O)[C@@H](O)[C@@H]5O)O[C@@H]4CO)O[C@H](CO[C@H]4O[C@H](CO)[C@@H](O)[C@H](O)[C@@H]4O[C@@H]4O[C@H](CO)[C@@H](O[C@@H]5O[C@H](CO)[C@H](O)[C@H](OS(=O)(=O)O)[C@H]5O)[C@H](O)[C@H]4NC(C)=O)[C@H]3O)O[C@H](CO)[C@@H](O)[C@@H]2O)O[C@H](CO)[C@@H](O[C@@H]2O[C@H](CO)[C@H](OS(=O)(=O)O)[C@H](O)[C@H]2NC(C)=O)[C@@H]1O. The largest absolute Gasteiger partial charge is 0.397 e. The third kappa shape index (κ3) is 26.0. The number of ether oxygens (including phenoxy) is 19. The van der Waals surface area contributed by atoms with Crippen LogP contribution in [0.4, 0.5) is 0 Å². The van der Waals surface area contributed by atoms with Crippen LogP contribution in [0.3, 0.4) is 0 Å². The van der Waals surface area contributed by atoms with Gasteiger partial charge >= 0.3 is 20.8 Å². The third-order valence-electron chi connectivity index (χ3n) is 23.2. The van der Waals surface area contributed by atoms with Gasteiger partial charge in [-0.25, -0.2) is 8.37 Å². The van der Waals surface area contributed by atoms with Crippen LogP contribution < -0.4 is 26.6 Å². The number of carbonyl (C=O) groups is 5. The van der Waals surface area contributed by atoms with E-state index in [0.29, 0.717) is 0 Å². The van der Waals surface area contributed by atoms with Crippen molar-refractivity contribution in [3.63, 3.8) is 0 Å². The minimum absolute atomic E-state index is 0.865. The van der Waals surface area contributed by atoms with E-state index < -0.39 is 417 Å². The van der Waals surface area contributed by atoms with Crippen LogP contribution in [-0.2, 0) is 143 Å². The van der Waals surface area contributed by atoms with E-state index >= 15 is 0 Å². The molecule has 63 heteroatoms. The maximum absolute atomic E-state index is 13.3. The smallest absolute Gasteiger partial charge is 0.394 e. The molecule has 0 saturated carbocycles. The number of aliphatic hydroxyl groups excluding tert-OH is 24. The average molecular weight is 1990 g/mol. The highest BCUT2D eigenvalue weighted by Gasteiger charge is 2.63. The van der Waals surface area contributed by atoms with Gasteiger partial charge in [0.25, 0.3) is 0 Å². The van der Waals surface area contributed by atoms with E-state index in [2.05, 4.69) is 35.0 Å². The Morgan fingerprint density at radius 2 is 0.526 bits per heavy atom. The lowest BCUT2D eigenvalue weighted by atomic mass is 9.93. The van der Waals surface area contributed by atoms with Crippen molar-refractivity contribution < 1.29 is 271 Å². The Balaban J connectivity index is 0.995. The van der Waals surface area contributed by atoms with Gasteiger partial charge in [-0.15, -0.1) is 0 Å². The molecule has 0 unspecified atom stereocenters. The van der Waals surface area contributed by atoms with Gasteiger partial charge in [0.2, 0.25) is 29.5 Å². The number of nitrogens with one attached hydrogen (secondary N) is 5. The zero-order chi connectivity index (χ0) is 98.5. The second-order valence-electron chi connectivity index (χ2n) is 32.7. The van der Waals surface area contributed by atoms with E-state index in [-0.39, 0.29) is 0 Å². The summed E-state index contributed by atoms with van der Waals surface area (Å²) < 4.78 is 189. The van der Waals surface area contributed by atoms with Gasteiger partial charge in [0.15, 0.2) is 62.9 Å². The fourth-order valence-electron chi connectivity index (χ4n) is 16.7. The molecule has 5 amide bonds. The number of carbonyl (C=O) groups excluding carboxylic acids is 5. The molecule has 10 rings (SSSR count). The monoisotopic (exact) mass is 1990 g/mol. The zero-order valence-electron chi connectivity index (χ0n) is 70.9. The Morgan fingerprint density at radius 3 is 0.925 bits per heavy atom. The predicted molar refractivity (Wildman–Crippen MR) is 407 cm³/mol. The summed E-state index contributed by atoms with van der Waals surface area (Å²) in [7, 11) is -11.0. The number of hydrogen-bond donors (Lipinski definition) is 31. The topological polar surface area (TPSA) is 934 Å². The summed E-state index contributed by atoms with van der Waals surface area (Å²) in [4.78, 5) is 64.6. The van der Waals surface area contributed by atoms with Gasteiger partial charge in [-0.05, 0) is 6.92 Å². The number of hydrogen-bond acceptors (Lipinski definition) is 54. The van der Waals surface area contributed by atoms with E-state index in [1.165, 1.54) is 6.92 Å². The summed E-state index contributed by atoms with van der Waals surface area (Å²) in [5.41, 5.74) is 0. The molecule has 10 saturated heterocycles. The Morgan fingerprint density at radius 1 is 0.248 bits per heavy atom. The van der Waals surface area contributed by atoms with Crippen molar-refractivity contribution in [1.29, 1.82) is 0 Å². The molecular weight excluding hydrogens is 1870 g/mol. The number of amides is 5. The number of rotatable bonds is 36. The maximum atomic E-state index is 13.3. The molecule has 10 aliphatic rings. The average Bonchev–Trinajstić information content (AvgIpc) is 0.763. The maximum Gasteiger partial charge on any atom is 0.397 e. The molecule has 61 nitrogen and oxygen atoms in total. The van der Waals surface area contributed by atoms with Crippen LogP contribution in [0.15, 0.2) is 0 Å². The summed E-state index contributed by atoms with van der Waals surface area (Å²) >= 11 is 0. The lowest BCUT2D eigenvalue weighted by molar-refractivity contribution is -0.398. The van der Waals surface area contributed by atoms with Crippen molar-refractivity contribution in [3.05, 3.63) is 0 Å². The van der Waals surface area contributed by atoms with Crippen LogP contribution in [-0.4, -0.2) is 544 Å². The van der Waals surface area contributed by atoms with E-state index in [1.54, 1.807) is 0 Å². The third-order valence-corrected chi connectivity index (χ3v) is 24.2. The van der Waals surface area contributed by atoms with Crippen LogP contribution in [0.5, 0.6) is 0 Å². The molecular formula is C70H117N5O56S2. The van der Waals surface area contributed by atoms with Crippen molar-refractivity contribution in [2.24, 2.45) is 0 Å². The van der Waals surface area contributed by atoms with E-state index in [0.717, 1.165) is 34.6 Å². The summed E-state index contributed by atoms with van der Waals surface area (Å²) in [6.07, 6.45) is -98.7. The first-order valence-electron chi connectivity index (χ1n) is 41.3. The molecule has 50 atom stereocenters. The van der Waals surface area contributed by atoms with Crippen LogP contribution in [0.25, 0.3) is 0 Å². The molecule has 133 heavy (non-hydrogen) atoms. The number of aliphatic hydroxyl groups is 24. The zero-order valence-corrected chi connectivity index (χ0v) is 72.6. The fourth-order valence-corrected chi connectivity index (χ4v) is 17.7. The Kier molecular flexibility index (Phi) is 39.2. The Labute approximate surface area is 753 Å². The summed E-state index contributed by atoms with van der Waals surface area (Å²) in [5, 5.41) is 284. The highest BCUT2D eigenvalue weighted by atomic mass is 32.3. The first kappa shape index (κ1) is 110. The van der Waals surface area contributed by atoms with E-state index in [9.17, 15) is 172 Å². The second kappa shape index (κ2) is 47.3. The molecule has 10 fully saturated rings. The van der Waals surface area contributed by atoms with Gasteiger partial charge in [-0.1, -0.05) is 0 Å². The second-order valence-corrected chi connectivity index (χ2v) is 34.8. The molecule has 0 spiro atoms. The minimum atomic E-state index is -5.52. The summed E-state index contributed by atoms with van der Waals surface area (Å²) in [5.74, 6) is -4.98. The van der Waals surface area contributed by atoms with Crippen LogP contribution in [0.1, 0.15) is 41.5 Å². The van der Waals surface area contributed by atoms with E-state index in [1.807, 2.05) is 0 Å². The van der Waals surface area contributed by atoms with Crippen molar-refractivity contribution >= 4 is 50.3 Å². The lowest BCUT2D eigenvalue weighted by Crippen LogP contribution is -2.71. The molecule has 10 aliphatic heterocycles. The normalized spacial score (nSPS) is 46.8. The standard InChI is InChI=1S/C70H117N5O56S2/c1-16-36(88)46(98)49(101)66(113-16)111-15-30-55(41(93)31(61(104)114-30)71-17(2)83)124-62-32(72-18(3)84)43(95)53(26(11-80)118-62)125-67-50(102)57(127-70-60(48(100)38(90)23(8-77)117-70)129-65-33(73-19(4)85)42(94)52(25(10-79)119-65)123-63-35(75-21(6)87)45(97)56(28(13-82)121-63)130-132(105,106)107)40(92)29(122-67)14-112-69-59(47(99)37(89)22(7-76)116-69)128-64-34(74-20(5)86)44(96)54(27(12-81)120-64)126-68-51(103)58(131-133(108,109)110)39(91)24(9-78)115-68/h16,22-70,76-82,88-104H,7-15H2,1-6H3,(H,71,83)(H,72,84)(H,73,85)(H,74,86)(H,75,87)(H,105,106,107)(H,108,109,110)/t16-,22+,23+,24+,25+,26+,27+,28+,29+,30+,31+,32+,33-,34+,35+,36+,37+,38+,39-,40+,41+,42+,43+,44+,45+,46+,47-,48-,49-,50-,51+,52+,53+,54+,55+,56-,57-,58-,59-,60-,61+,62-,63-,64-,65-,66+,67-,68-,69-,70+/m0/s1. The van der Waals surface area contributed by atoms with Crippen molar-refractivity contribution in [2.75, 3.05) is 59.5 Å². The highest BCUT2D eigenvalue weighted by molar-refractivity contribution is 7.81. The summed E-state index contributed by atoms with van der Waals surface area (Å²) in [6, 6.07) is -10.0. The molecule has 0 aromatic heterocycles. The molecule has 770 valence electrons. The quantitative estimate of drug-likeness (QED) is 0.0259. The van der Waals surface area contributed by atoms with Gasteiger partial charge in [-0.3, -0.25) is 33.1 Å². The molecule has 0 radical (unpaired) electrons. The molecule has 0 aliphatic carbocycles. The molecule has 10 heterocycles. The summed E-state index contributed by atoms with van der Waals surface area (Å²) in [6.45, 7) is -5.14. The highest BCUT2D eigenvalue weighted by Crippen LogP contribution is 2.41. The van der Waals surface area contributed by atoms with Crippen molar-refractivity contribution in [1.82, 2.24) is 26.6 Å². The van der Waals surface area contributed by atoms with Crippen LogP contribution in [0, 0.1) is 0 Å². The Bertz CT molecular complexity index is 3990. The van der Waals surface area contributed by atoms with Crippen molar-refractivity contribution in [3.8, 4) is 0 Å². The lowest BCUT2D eigenvalue weighted by Gasteiger charge is -2.51. The molecule has 0 aromatic carbocycles. The van der Waals surface area contributed by atoms with E-state index in [4.69, 9.17) is 90.0 Å². The van der Waals surface area contributed by atoms with Crippen LogP contribution >= 0.6 is 0 Å². The van der Waals surface area contributed by atoms with Gasteiger partial charge in [0, 0.05) is 34.6 Å². The van der Waals surface area contributed by atoms with Crippen molar-refractivity contribution in [2.45, 2.75) is 348 Å². The van der Waals surface area contributed by atoms with Gasteiger partial charge in [0.1, 0.15) is 238 Å². The van der Waals surface area contributed by atoms with Crippen LogP contribution in [0.2, 0.25) is 0 Å². The van der Waals surface area contributed by atoms with Gasteiger partial charge in [-0.2, -0.15) is 16.8 Å². The fraction of sp³-hybridized carbons (Fsp3) is 0.929.